The largest absolute Gasteiger partial charge is 0.485 e. The normalized spacial score (nSPS) is 18.8. The second kappa shape index (κ2) is 10.2. The highest BCUT2D eigenvalue weighted by atomic mass is 79.9. The molecule has 1 aliphatic carbocycles. The van der Waals surface area contributed by atoms with Crippen molar-refractivity contribution < 1.29 is 23.8 Å². The minimum Gasteiger partial charge on any atom is -0.485 e. The molecule has 1 unspecified atom stereocenters. The molecule has 0 saturated carbocycles. The van der Waals surface area contributed by atoms with E-state index in [1.54, 1.807) is 6.92 Å². The van der Waals surface area contributed by atoms with E-state index >= 15 is 0 Å². The minimum absolute atomic E-state index is 0.0602. The summed E-state index contributed by atoms with van der Waals surface area (Å²) in [6.07, 6.45) is 2.32. The van der Waals surface area contributed by atoms with Gasteiger partial charge in [0.05, 0.1) is 13.0 Å². The zero-order chi connectivity index (χ0) is 25.2. The summed E-state index contributed by atoms with van der Waals surface area (Å²) in [5.74, 6) is 0.448. The maximum atomic E-state index is 12.6. The van der Waals surface area contributed by atoms with Gasteiger partial charge in [0.1, 0.15) is 17.5 Å². The number of benzene rings is 2. The molecule has 1 amide bonds. The van der Waals surface area contributed by atoms with Crippen LogP contribution in [0.25, 0.3) is 0 Å². The summed E-state index contributed by atoms with van der Waals surface area (Å²) in [7, 11) is 0. The van der Waals surface area contributed by atoms with Crippen molar-refractivity contribution in [2.75, 3.05) is 19.7 Å². The van der Waals surface area contributed by atoms with Crippen LogP contribution in [0.2, 0.25) is 0 Å². The van der Waals surface area contributed by atoms with Crippen molar-refractivity contribution in [3.8, 4) is 5.75 Å². The predicted molar refractivity (Wildman–Crippen MR) is 138 cm³/mol. The number of hydrogen-bond donors (Lipinski definition) is 0. The average molecular weight is 544 g/mol. The summed E-state index contributed by atoms with van der Waals surface area (Å²) in [4.78, 5) is 26.6. The van der Waals surface area contributed by atoms with E-state index in [1.165, 1.54) is 5.56 Å². The Hall–Kier alpha value is -2.54. The Morgan fingerprint density at radius 3 is 2.51 bits per heavy atom. The van der Waals surface area contributed by atoms with Gasteiger partial charge < -0.3 is 19.1 Å². The first kappa shape index (κ1) is 25.5. The van der Waals surface area contributed by atoms with E-state index in [0.29, 0.717) is 25.4 Å². The second-order valence-electron chi connectivity index (χ2n) is 10.4. The topological polar surface area (TPSA) is 65.1 Å². The summed E-state index contributed by atoms with van der Waals surface area (Å²) in [6, 6.07) is 14.1. The van der Waals surface area contributed by atoms with Gasteiger partial charge in [-0.2, -0.15) is 0 Å². The molecule has 6 nitrogen and oxygen atoms in total. The van der Waals surface area contributed by atoms with Crippen molar-refractivity contribution in [3.63, 3.8) is 0 Å². The number of carbonyl (C=O) groups excluding carboxylic acids is 2. The Labute approximate surface area is 216 Å². The van der Waals surface area contributed by atoms with Crippen molar-refractivity contribution in [3.05, 3.63) is 63.6 Å². The Kier molecular flexibility index (Phi) is 7.46. The zero-order valence-corrected chi connectivity index (χ0v) is 22.5. The lowest BCUT2D eigenvalue weighted by Gasteiger charge is -2.40. The molecule has 7 heteroatoms. The van der Waals surface area contributed by atoms with Gasteiger partial charge in [0.15, 0.2) is 0 Å². The maximum Gasteiger partial charge on any atom is 0.410 e. The summed E-state index contributed by atoms with van der Waals surface area (Å²) >= 11 is 3.63. The Morgan fingerprint density at radius 1 is 1.11 bits per heavy atom. The first-order valence-electron chi connectivity index (χ1n) is 12.3. The van der Waals surface area contributed by atoms with Crippen LogP contribution < -0.4 is 4.74 Å². The molecule has 35 heavy (non-hydrogen) atoms. The molecule has 4 rings (SSSR count). The van der Waals surface area contributed by atoms with Gasteiger partial charge in [-0.3, -0.25) is 4.79 Å². The molecule has 1 atom stereocenters. The van der Waals surface area contributed by atoms with Crippen LogP contribution in [0.4, 0.5) is 4.79 Å². The highest BCUT2D eigenvalue weighted by Crippen LogP contribution is 2.53. The van der Waals surface area contributed by atoms with E-state index in [4.69, 9.17) is 14.2 Å². The van der Waals surface area contributed by atoms with Crippen LogP contribution in [0.1, 0.15) is 69.8 Å². The lowest BCUT2D eigenvalue weighted by atomic mass is 9.74. The van der Waals surface area contributed by atoms with Crippen LogP contribution in [0.5, 0.6) is 5.75 Å². The molecule has 2 aromatic carbocycles. The lowest BCUT2D eigenvalue weighted by Crippen LogP contribution is -2.46. The highest BCUT2D eigenvalue weighted by Gasteiger charge is 2.47. The second-order valence-corrected chi connectivity index (χ2v) is 11.3. The Balaban J connectivity index is 1.54. The maximum absolute atomic E-state index is 12.6. The van der Waals surface area contributed by atoms with Crippen molar-refractivity contribution >= 4 is 28.0 Å². The number of nitrogens with zero attached hydrogens (tertiary/aromatic N) is 1. The minimum atomic E-state index is -0.506. The van der Waals surface area contributed by atoms with Crippen molar-refractivity contribution in [2.45, 2.75) is 70.5 Å². The molecule has 188 valence electrons. The average Bonchev–Trinajstić information content (AvgIpc) is 3.06. The monoisotopic (exact) mass is 543 g/mol. The van der Waals surface area contributed by atoms with Crippen LogP contribution in [-0.4, -0.2) is 42.3 Å². The van der Waals surface area contributed by atoms with Crippen LogP contribution >= 0.6 is 15.9 Å². The third-order valence-electron chi connectivity index (χ3n) is 6.76. The molecule has 2 aliphatic rings. The lowest BCUT2D eigenvalue weighted by molar-refractivity contribution is -0.142. The van der Waals surface area contributed by atoms with E-state index in [2.05, 4.69) is 34.1 Å². The molecule has 1 fully saturated rings. The van der Waals surface area contributed by atoms with Crippen LogP contribution in [0.15, 0.2) is 46.9 Å². The quantitative estimate of drug-likeness (QED) is 0.411. The smallest absolute Gasteiger partial charge is 0.410 e. The number of carbonyl (C=O) groups is 2. The summed E-state index contributed by atoms with van der Waals surface area (Å²) in [6.45, 7) is 9.14. The highest BCUT2D eigenvalue weighted by molar-refractivity contribution is 9.10. The molecule has 0 N–H and O–H groups in total. The molecule has 1 heterocycles. The first-order valence-corrected chi connectivity index (χ1v) is 13.1. The van der Waals surface area contributed by atoms with Gasteiger partial charge >= 0.3 is 12.1 Å². The molecule has 1 saturated heterocycles. The van der Waals surface area contributed by atoms with Crippen LogP contribution in [0.3, 0.4) is 0 Å². The molecule has 0 radical (unpaired) electrons. The Bertz CT molecular complexity index is 1080. The number of likely N-dealkylation sites (tertiary alicyclic amines) is 1. The molecular formula is C28H34BrNO5. The molecule has 1 aliphatic heterocycles. The van der Waals surface area contributed by atoms with Crippen molar-refractivity contribution in [1.29, 1.82) is 0 Å². The van der Waals surface area contributed by atoms with Gasteiger partial charge in [-0.1, -0.05) is 40.2 Å². The van der Waals surface area contributed by atoms with E-state index < -0.39 is 5.60 Å². The SMILES string of the molecule is CCOC(=O)Cc1ccccc1OC1CC2(CCN(C(=O)OC(C)(C)C)CC2)c2ccc(Br)cc21. The van der Waals surface area contributed by atoms with Gasteiger partial charge in [0.25, 0.3) is 0 Å². The zero-order valence-electron chi connectivity index (χ0n) is 20.9. The summed E-state index contributed by atoms with van der Waals surface area (Å²) < 4.78 is 18.4. The number of piperidine rings is 1. The number of fused-ring (bicyclic) bond motifs is 2. The van der Waals surface area contributed by atoms with Crippen molar-refractivity contribution in [2.24, 2.45) is 0 Å². The molecular weight excluding hydrogens is 510 g/mol. The van der Waals surface area contributed by atoms with E-state index in [-0.39, 0.29) is 30.0 Å². The van der Waals surface area contributed by atoms with Crippen molar-refractivity contribution in [1.82, 2.24) is 4.90 Å². The van der Waals surface area contributed by atoms with Gasteiger partial charge in [-0.15, -0.1) is 0 Å². The standard InChI is InChI=1S/C28H34BrNO5/c1-5-33-25(31)16-19-8-6-7-9-23(19)34-24-18-28(22-11-10-20(29)17-21(22)24)12-14-30(15-13-28)26(32)35-27(2,3)4/h6-11,17,24H,5,12-16,18H2,1-4H3. The number of esters is 1. The number of halogens is 1. The van der Waals surface area contributed by atoms with Crippen LogP contribution in [-0.2, 0) is 26.1 Å². The fourth-order valence-corrected chi connectivity index (χ4v) is 5.54. The third kappa shape index (κ3) is 5.83. The number of hydrogen-bond acceptors (Lipinski definition) is 5. The van der Waals surface area contributed by atoms with Gasteiger partial charge in [0, 0.05) is 28.5 Å². The third-order valence-corrected chi connectivity index (χ3v) is 7.26. The van der Waals surface area contributed by atoms with Gasteiger partial charge in [-0.05, 0) is 76.3 Å². The van der Waals surface area contributed by atoms with E-state index in [9.17, 15) is 9.59 Å². The number of para-hydroxylation sites is 1. The number of rotatable bonds is 5. The summed E-state index contributed by atoms with van der Waals surface area (Å²) in [5, 5.41) is 0. The molecule has 0 aromatic heterocycles. The number of ether oxygens (including phenoxy) is 3. The van der Waals surface area contributed by atoms with Crippen LogP contribution in [0, 0.1) is 0 Å². The van der Waals surface area contributed by atoms with Gasteiger partial charge in [-0.25, -0.2) is 4.79 Å². The molecule has 0 bridgehead atoms. The molecule has 1 spiro atoms. The number of amides is 1. The van der Waals surface area contributed by atoms with E-state index in [0.717, 1.165) is 34.9 Å². The molecule has 2 aromatic rings. The van der Waals surface area contributed by atoms with E-state index in [1.807, 2.05) is 49.9 Å². The Morgan fingerprint density at radius 2 is 1.83 bits per heavy atom. The summed E-state index contributed by atoms with van der Waals surface area (Å²) in [5.41, 5.74) is 2.71. The predicted octanol–water partition coefficient (Wildman–Crippen LogP) is 6.35. The van der Waals surface area contributed by atoms with Gasteiger partial charge in [0.2, 0.25) is 0 Å². The fourth-order valence-electron chi connectivity index (χ4n) is 5.17. The fraction of sp³-hybridized carbons (Fsp3) is 0.500. The first-order chi connectivity index (χ1) is 16.6.